The van der Waals surface area contributed by atoms with Crippen LogP contribution >= 0.6 is 0 Å². The molecule has 0 saturated carbocycles. The van der Waals surface area contributed by atoms with Crippen LogP contribution in [-0.2, 0) is 11.8 Å². The van der Waals surface area contributed by atoms with Crippen LogP contribution in [0.25, 0.3) is 22.2 Å². The van der Waals surface area contributed by atoms with Gasteiger partial charge in [-0.25, -0.2) is 0 Å². The third-order valence-corrected chi connectivity index (χ3v) is 4.79. The summed E-state index contributed by atoms with van der Waals surface area (Å²) >= 11 is 0. The molecule has 1 aromatic carbocycles. The molecule has 0 atom stereocenters. The standard InChI is InChI=1S/C19H23N5O2/c1-23-18(15-13-21-16-5-3-2-4-14(15)16)12-17(22-23)19(25)20-6-7-24-8-10-26-11-9-24/h2-5,12-13,21H,6-11H2,1H3,(H,20,25). The Morgan fingerprint density at radius 1 is 1.31 bits per heavy atom. The lowest BCUT2D eigenvalue weighted by molar-refractivity contribution is 0.0383. The van der Waals surface area contributed by atoms with Gasteiger partial charge in [0.2, 0.25) is 0 Å². The van der Waals surface area contributed by atoms with Crippen molar-refractivity contribution in [2.24, 2.45) is 7.05 Å². The number of carbonyl (C=O) groups excluding carboxylic acids is 1. The van der Waals surface area contributed by atoms with Gasteiger partial charge in [-0.2, -0.15) is 5.10 Å². The van der Waals surface area contributed by atoms with E-state index in [1.807, 2.05) is 37.5 Å². The van der Waals surface area contributed by atoms with E-state index in [0.29, 0.717) is 12.2 Å². The molecule has 0 unspecified atom stereocenters. The first-order chi connectivity index (χ1) is 12.7. The molecule has 1 aliphatic heterocycles. The molecule has 7 nitrogen and oxygen atoms in total. The van der Waals surface area contributed by atoms with Gasteiger partial charge in [0.1, 0.15) is 0 Å². The van der Waals surface area contributed by atoms with Crippen molar-refractivity contribution < 1.29 is 9.53 Å². The molecule has 1 amide bonds. The Bertz CT molecular complexity index is 908. The number of hydrogen-bond donors (Lipinski definition) is 2. The lowest BCUT2D eigenvalue weighted by Crippen LogP contribution is -2.41. The Balaban J connectivity index is 1.45. The van der Waals surface area contributed by atoms with Crippen LogP contribution in [0.5, 0.6) is 0 Å². The van der Waals surface area contributed by atoms with Gasteiger partial charge in [-0.05, 0) is 12.1 Å². The van der Waals surface area contributed by atoms with Gasteiger partial charge in [-0.1, -0.05) is 18.2 Å². The number of morpholine rings is 1. The van der Waals surface area contributed by atoms with Crippen molar-refractivity contribution in [3.8, 4) is 11.3 Å². The van der Waals surface area contributed by atoms with Gasteiger partial charge >= 0.3 is 0 Å². The molecular weight excluding hydrogens is 330 g/mol. The topological polar surface area (TPSA) is 75.2 Å². The number of nitrogens with zero attached hydrogens (tertiary/aromatic N) is 3. The maximum Gasteiger partial charge on any atom is 0.271 e. The van der Waals surface area contributed by atoms with Crippen LogP contribution < -0.4 is 5.32 Å². The van der Waals surface area contributed by atoms with Gasteiger partial charge in [0, 0.05) is 55.9 Å². The third kappa shape index (κ3) is 3.36. The molecule has 0 radical (unpaired) electrons. The van der Waals surface area contributed by atoms with Crippen molar-refractivity contribution in [3.63, 3.8) is 0 Å². The van der Waals surface area contributed by atoms with Crippen LogP contribution in [0.3, 0.4) is 0 Å². The first kappa shape index (κ1) is 16.8. The number of aromatic amines is 1. The molecule has 2 N–H and O–H groups in total. The van der Waals surface area contributed by atoms with Crippen LogP contribution in [0.15, 0.2) is 36.5 Å². The molecule has 1 aliphatic rings. The predicted octanol–water partition coefficient (Wildman–Crippen LogP) is 1.63. The number of carbonyl (C=O) groups is 1. The van der Waals surface area contributed by atoms with Crippen molar-refractivity contribution in [1.29, 1.82) is 0 Å². The van der Waals surface area contributed by atoms with Gasteiger partial charge < -0.3 is 15.0 Å². The largest absolute Gasteiger partial charge is 0.379 e. The van der Waals surface area contributed by atoms with Gasteiger partial charge in [0.05, 0.1) is 18.9 Å². The fraction of sp³-hybridized carbons (Fsp3) is 0.368. The quantitative estimate of drug-likeness (QED) is 0.731. The predicted molar refractivity (Wildman–Crippen MR) is 100 cm³/mol. The number of hydrogen-bond acceptors (Lipinski definition) is 4. The van der Waals surface area contributed by atoms with Gasteiger partial charge in [-0.3, -0.25) is 14.4 Å². The van der Waals surface area contributed by atoms with Crippen LogP contribution in [0, 0.1) is 0 Å². The zero-order chi connectivity index (χ0) is 17.9. The number of fused-ring (bicyclic) bond motifs is 1. The summed E-state index contributed by atoms with van der Waals surface area (Å²) in [7, 11) is 1.86. The lowest BCUT2D eigenvalue weighted by Gasteiger charge is -2.26. The molecule has 0 spiro atoms. The number of rotatable bonds is 5. The number of ether oxygens (including phenoxy) is 1. The van der Waals surface area contributed by atoms with Crippen LogP contribution in [0.2, 0.25) is 0 Å². The van der Waals surface area contributed by atoms with Crippen LogP contribution in [0.1, 0.15) is 10.5 Å². The molecule has 3 heterocycles. The number of H-pyrrole nitrogens is 1. The van der Waals surface area contributed by atoms with E-state index in [1.165, 1.54) is 0 Å². The maximum absolute atomic E-state index is 12.4. The molecule has 26 heavy (non-hydrogen) atoms. The molecule has 0 aliphatic carbocycles. The Labute approximate surface area is 151 Å². The third-order valence-electron chi connectivity index (χ3n) is 4.79. The summed E-state index contributed by atoms with van der Waals surface area (Å²) < 4.78 is 7.09. The van der Waals surface area contributed by atoms with E-state index in [0.717, 1.165) is 55.0 Å². The molecule has 136 valence electrons. The Morgan fingerprint density at radius 2 is 2.12 bits per heavy atom. The summed E-state index contributed by atoms with van der Waals surface area (Å²) in [5, 5.41) is 8.48. The van der Waals surface area contributed by atoms with Crippen LogP contribution in [0.4, 0.5) is 0 Å². The molecule has 2 aromatic heterocycles. The molecular formula is C19H23N5O2. The number of para-hydroxylation sites is 1. The molecule has 1 fully saturated rings. The zero-order valence-corrected chi connectivity index (χ0v) is 14.9. The molecule has 0 bridgehead atoms. The summed E-state index contributed by atoms with van der Waals surface area (Å²) in [4.78, 5) is 18.0. The molecule has 4 rings (SSSR count). The highest BCUT2D eigenvalue weighted by Crippen LogP contribution is 2.28. The normalized spacial score (nSPS) is 15.4. The SMILES string of the molecule is Cn1nc(C(=O)NCCN2CCOCC2)cc1-c1c[nH]c2ccccc12. The smallest absolute Gasteiger partial charge is 0.271 e. The Morgan fingerprint density at radius 3 is 2.96 bits per heavy atom. The van der Waals surface area contributed by atoms with Gasteiger partial charge in [0.25, 0.3) is 5.91 Å². The second-order valence-corrected chi connectivity index (χ2v) is 6.50. The number of amides is 1. The Kier molecular flexibility index (Phi) is 4.73. The second-order valence-electron chi connectivity index (χ2n) is 6.50. The fourth-order valence-corrected chi connectivity index (χ4v) is 3.36. The van der Waals surface area contributed by atoms with E-state index in [-0.39, 0.29) is 5.91 Å². The molecule has 1 saturated heterocycles. The van der Waals surface area contributed by atoms with Crippen molar-refractivity contribution >= 4 is 16.8 Å². The van der Waals surface area contributed by atoms with Crippen molar-refractivity contribution in [3.05, 3.63) is 42.2 Å². The summed E-state index contributed by atoms with van der Waals surface area (Å²) in [6.07, 6.45) is 1.96. The Hall–Kier alpha value is -2.64. The van der Waals surface area contributed by atoms with E-state index in [1.54, 1.807) is 4.68 Å². The van der Waals surface area contributed by atoms with E-state index >= 15 is 0 Å². The summed E-state index contributed by atoms with van der Waals surface area (Å²) in [6.45, 7) is 4.81. The van der Waals surface area contributed by atoms with Crippen molar-refractivity contribution in [2.75, 3.05) is 39.4 Å². The summed E-state index contributed by atoms with van der Waals surface area (Å²) in [6, 6.07) is 9.96. The average Bonchev–Trinajstić information content (AvgIpc) is 3.26. The molecule has 3 aromatic rings. The van der Waals surface area contributed by atoms with E-state index in [9.17, 15) is 4.79 Å². The summed E-state index contributed by atoms with van der Waals surface area (Å²) in [5.74, 6) is -0.139. The minimum absolute atomic E-state index is 0.139. The van der Waals surface area contributed by atoms with Crippen LogP contribution in [-0.4, -0.2) is 65.0 Å². The minimum Gasteiger partial charge on any atom is -0.379 e. The fourth-order valence-electron chi connectivity index (χ4n) is 3.36. The number of benzene rings is 1. The number of aryl methyl sites for hydroxylation is 1. The minimum atomic E-state index is -0.139. The van der Waals surface area contributed by atoms with Gasteiger partial charge in [-0.15, -0.1) is 0 Å². The lowest BCUT2D eigenvalue weighted by atomic mass is 10.1. The maximum atomic E-state index is 12.4. The number of nitrogens with one attached hydrogen (secondary N) is 2. The number of aromatic nitrogens is 3. The highest BCUT2D eigenvalue weighted by Gasteiger charge is 2.16. The highest BCUT2D eigenvalue weighted by atomic mass is 16.5. The van der Waals surface area contributed by atoms with E-state index < -0.39 is 0 Å². The highest BCUT2D eigenvalue weighted by molar-refractivity contribution is 5.97. The van der Waals surface area contributed by atoms with Crippen molar-refractivity contribution in [2.45, 2.75) is 0 Å². The zero-order valence-electron chi connectivity index (χ0n) is 14.9. The monoisotopic (exact) mass is 353 g/mol. The molecule has 7 heteroatoms. The summed E-state index contributed by atoms with van der Waals surface area (Å²) in [5.41, 5.74) is 3.47. The average molecular weight is 353 g/mol. The van der Waals surface area contributed by atoms with Gasteiger partial charge in [0.15, 0.2) is 5.69 Å². The first-order valence-electron chi connectivity index (χ1n) is 8.91. The second kappa shape index (κ2) is 7.31. The first-order valence-corrected chi connectivity index (χ1v) is 8.91. The van der Waals surface area contributed by atoms with Crippen molar-refractivity contribution in [1.82, 2.24) is 25.0 Å². The van der Waals surface area contributed by atoms with E-state index in [4.69, 9.17) is 4.74 Å². The van der Waals surface area contributed by atoms with E-state index in [2.05, 4.69) is 26.4 Å².